The van der Waals surface area contributed by atoms with Crippen LogP contribution in [0.5, 0.6) is 0 Å². The number of methoxy groups -OCH3 is 1. The lowest BCUT2D eigenvalue weighted by atomic mass is 10.1. The summed E-state index contributed by atoms with van der Waals surface area (Å²) >= 11 is 0. The molecule has 0 aromatic rings. The Hall–Kier alpha value is -2.52. The number of amides is 2. The smallest absolute Gasteiger partial charge is 0.430 e. The number of rotatable bonds is 2. The highest BCUT2D eigenvalue weighted by molar-refractivity contribution is 5.84. The first-order valence-corrected chi connectivity index (χ1v) is 8.92. The summed E-state index contributed by atoms with van der Waals surface area (Å²) in [7, 11) is 1.16. The first kappa shape index (κ1) is 23.5. The number of hydrogen-bond donors (Lipinski definition) is 0. The fraction of sp³-hybridized carbons (Fsp3) is 0.778. The van der Waals surface area contributed by atoms with Gasteiger partial charge >= 0.3 is 24.1 Å². The van der Waals surface area contributed by atoms with Gasteiger partial charge in [-0.25, -0.2) is 19.4 Å². The highest BCUT2D eigenvalue weighted by Gasteiger charge is 2.47. The van der Waals surface area contributed by atoms with Crippen molar-refractivity contribution in [2.45, 2.75) is 78.2 Å². The molecule has 10 nitrogen and oxygen atoms in total. The largest absolute Gasteiger partial charge is 0.467 e. The van der Waals surface area contributed by atoms with Crippen LogP contribution in [0.25, 0.3) is 0 Å². The molecule has 1 aliphatic heterocycles. The molecule has 1 heterocycles. The third-order valence-electron chi connectivity index (χ3n) is 3.41. The Balaban J connectivity index is 3.32. The van der Waals surface area contributed by atoms with Crippen LogP contribution >= 0.6 is 0 Å². The zero-order chi connectivity index (χ0) is 21.9. The van der Waals surface area contributed by atoms with Crippen molar-refractivity contribution in [3.63, 3.8) is 0 Å². The molecule has 0 radical (unpaired) electrons. The number of hydrazine groups is 1. The lowest BCUT2D eigenvalue weighted by Crippen LogP contribution is -2.65. The second-order valence-electron chi connectivity index (χ2n) is 8.39. The fourth-order valence-electron chi connectivity index (χ4n) is 2.54. The van der Waals surface area contributed by atoms with E-state index in [0.29, 0.717) is 0 Å². The van der Waals surface area contributed by atoms with Gasteiger partial charge < -0.3 is 18.9 Å². The van der Waals surface area contributed by atoms with Crippen molar-refractivity contribution in [1.29, 1.82) is 0 Å². The van der Waals surface area contributed by atoms with E-state index in [1.807, 2.05) is 0 Å². The van der Waals surface area contributed by atoms with Crippen molar-refractivity contribution >= 4 is 24.1 Å². The van der Waals surface area contributed by atoms with Crippen molar-refractivity contribution in [1.82, 2.24) is 10.0 Å². The van der Waals surface area contributed by atoms with Crippen molar-refractivity contribution in [2.24, 2.45) is 0 Å². The van der Waals surface area contributed by atoms with Gasteiger partial charge in [0.05, 0.1) is 13.7 Å². The number of hydrogen-bond acceptors (Lipinski definition) is 8. The van der Waals surface area contributed by atoms with Gasteiger partial charge in [-0.15, -0.1) is 0 Å². The van der Waals surface area contributed by atoms with Crippen LogP contribution < -0.4 is 0 Å². The molecule has 2 atom stereocenters. The molecule has 0 N–H and O–H groups in total. The van der Waals surface area contributed by atoms with Gasteiger partial charge in [-0.2, -0.15) is 5.01 Å². The topological polar surface area (TPSA) is 112 Å². The van der Waals surface area contributed by atoms with E-state index >= 15 is 0 Å². The molecule has 0 aromatic heterocycles. The number of esters is 2. The average Bonchev–Trinajstić information content (AvgIpc) is 2.49. The minimum absolute atomic E-state index is 0.0508. The number of nitrogens with zero attached hydrogens (tertiary/aromatic N) is 2. The van der Waals surface area contributed by atoms with E-state index in [4.69, 9.17) is 18.9 Å². The van der Waals surface area contributed by atoms with Crippen LogP contribution in [-0.4, -0.2) is 71.1 Å². The Bertz CT molecular complexity index is 620. The molecular weight excluding hydrogens is 372 g/mol. The van der Waals surface area contributed by atoms with Gasteiger partial charge in [0.15, 0.2) is 6.04 Å². The second kappa shape index (κ2) is 8.66. The molecule has 1 saturated heterocycles. The lowest BCUT2D eigenvalue weighted by molar-refractivity contribution is -0.175. The summed E-state index contributed by atoms with van der Waals surface area (Å²) in [5.41, 5.74) is -1.73. The molecule has 28 heavy (non-hydrogen) atoms. The maximum Gasteiger partial charge on any atom is 0.430 e. The van der Waals surface area contributed by atoms with Gasteiger partial charge in [-0.1, -0.05) is 0 Å². The van der Waals surface area contributed by atoms with Gasteiger partial charge in [0, 0.05) is 13.3 Å². The molecule has 0 unspecified atom stereocenters. The predicted molar refractivity (Wildman–Crippen MR) is 97.0 cm³/mol. The normalized spacial score (nSPS) is 20.3. The Morgan fingerprint density at radius 2 is 1.39 bits per heavy atom. The van der Waals surface area contributed by atoms with Crippen LogP contribution in [0.15, 0.2) is 0 Å². The molecule has 0 spiro atoms. The monoisotopic (exact) mass is 402 g/mol. The van der Waals surface area contributed by atoms with Crippen LogP contribution in [0.2, 0.25) is 0 Å². The van der Waals surface area contributed by atoms with E-state index in [1.54, 1.807) is 41.5 Å². The van der Waals surface area contributed by atoms with E-state index in [9.17, 15) is 19.2 Å². The molecule has 1 rings (SSSR count). The number of carbonyl (C=O) groups is 4. The van der Waals surface area contributed by atoms with E-state index in [0.717, 1.165) is 17.1 Å². The van der Waals surface area contributed by atoms with Crippen LogP contribution in [0.1, 0.15) is 54.9 Å². The Labute approximate surface area is 165 Å². The van der Waals surface area contributed by atoms with Crippen molar-refractivity contribution in [3.05, 3.63) is 0 Å². The van der Waals surface area contributed by atoms with Crippen molar-refractivity contribution < 1.29 is 38.1 Å². The van der Waals surface area contributed by atoms with E-state index in [-0.39, 0.29) is 13.0 Å². The zero-order valence-electron chi connectivity index (χ0n) is 17.7. The predicted octanol–water partition coefficient (Wildman–Crippen LogP) is 2.25. The molecule has 1 fully saturated rings. The Morgan fingerprint density at radius 1 is 0.893 bits per heavy atom. The molecule has 0 saturated carbocycles. The van der Waals surface area contributed by atoms with Gasteiger partial charge in [-0.05, 0) is 41.5 Å². The molecular formula is C18H30N2O8. The number of carbonyl (C=O) groups excluding carboxylic acids is 4. The Morgan fingerprint density at radius 3 is 1.82 bits per heavy atom. The van der Waals surface area contributed by atoms with Crippen LogP contribution in [-0.2, 0) is 28.5 Å². The lowest BCUT2D eigenvalue weighted by Gasteiger charge is -2.44. The fourth-order valence-corrected chi connectivity index (χ4v) is 2.54. The van der Waals surface area contributed by atoms with Gasteiger partial charge in [0.1, 0.15) is 17.3 Å². The maximum atomic E-state index is 12.8. The minimum Gasteiger partial charge on any atom is -0.467 e. The highest BCUT2D eigenvalue weighted by atomic mass is 16.6. The average molecular weight is 402 g/mol. The summed E-state index contributed by atoms with van der Waals surface area (Å²) in [5, 5.41) is 1.78. The SMILES string of the molecule is COC(=O)[C@H]1C[C@H](OC(C)=O)CN(C(=O)OC(C)(C)C)N1C(=O)OC(C)(C)C. The summed E-state index contributed by atoms with van der Waals surface area (Å²) in [6.07, 6.45) is -2.68. The van der Waals surface area contributed by atoms with Crippen LogP contribution in [0, 0.1) is 0 Å². The maximum absolute atomic E-state index is 12.8. The highest BCUT2D eigenvalue weighted by Crippen LogP contribution is 2.26. The van der Waals surface area contributed by atoms with Crippen molar-refractivity contribution in [3.8, 4) is 0 Å². The molecule has 0 aliphatic carbocycles. The van der Waals surface area contributed by atoms with Crippen molar-refractivity contribution in [2.75, 3.05) is 13.7 Å². The third-order valence-corrected chi connectivity index (χ3v) is 3.41. The molecule has 2 amide bonds. The van der Waals surface area contributed by atoms with E-state index in [1.165, 1.54) is 6.92 Å². The molecule has 0 aromatic carbocycles. The quantitative estimate of drug-likeness (QED) is 0.511. The van der Waals surface area contributed by atoms with Gasteiger partial charge in [0.2, 0.25) is 0 Å². The standard InChI is InChI=1S/C18H30N2O8/c1-11(21)26-12-9-13(14(22)25-8)20(16(24)28-18(5,6)7)19(10-12)15(23)27-17(2,3)4/h12-13H,9-10H2,1-8H3/t12-,13+/m0/s1. The molecule has 1 aliphatic rings. The summed E-state index contributed by atoms with van der Waals surface area (Å²) in [6, 6.07) is -1.23. The molecule has 10 heteroatoms. The number of ether oxygens (including phenoxy) is 4. The second-order valence-corrected chi connectivity index (χ2v) is 8.39. The first-order valence-electron chi connectivity index (χ1n) is 8.92. The van der Waals surface area contributed by atoms with Crippen LogP contribution in [0.4, 0.5) is 9.59 Å². The molecule has 0 bridgehead atoms. The van der Waals surface area contributed by atoms with Gasteiger partial charge in [0.25, 0.3) is 0 Å². The summed E-state index contributed by atoms with van der Waals surface area (Å²) in [4.78, 5) is 49.3. The van der Waals surface area contributed by atoms with Crippen LogP contribution in [0.3, 0.4) is 0 Å². The Kier molecular flexibility index (Phi) is 7.27. The summed E-state index contributed by atoms with van der Waals surface area (Å²) in [6.45, 7) is 11.0. The zero-order valence-corrected chi connectivity index (χ0v) is 17.7. The summed E-state index contributed by atoms with van der Waals surface area (Å²) in [5.74, 6) is -1.36. The first-order chi connectivity index (χ1) is 12.6. The minimum atomic E-state index is -1.23. The van der Waals surface area contributed by atoms with Gasteiger partial charge in [-0.3, -0.25) is 4.79 Å². The summed E-state index contributed by atoms with van der Waals surface area (Å²) < 4.78 is 20.7. The van der Waals surface area contributed by atoms with E-state index < -0.39 is 47.5 Å². The third kappa shape index (κ3) is 6.90. The van der Waals surface area contributed by atoms with E-state index in [2.05, 4.69) is 0 Å². The molecule has 160 valence electrons.